The minimum Gasteiger partial charge on any atom is -0.355 e. The van der Waals surface area contributed by atoms with Gasteiger partial charge in [-0.25, -0.2) is 9.67 Å². The van der Waals surface area contributed by atoms with Crippen molar-refractivity contribution >= 4 is 33.2 Å². The first-order valence-electron chi connectivity index (χ1n) is 9.23. The predicted octanol–water partition coefficient (Wildman–Crippen LogP) is 4.66. The number of amides is 1. The van der Waals surface area contributed by atoms with Crippen molar-refractivity contribution in [1.82, 2.24) is 20.1 Å². The summed E-state index contributed by atoms with van der Waals surface area (Å²) in [6.07, 6.45) is 4.85. The number of hydrogen-bond donors (Lipinski definition) is 1. The molecule has 0 aliphatic heterocycles. The van der Waals surface area contributed by atoms with E-state index >= 15 is 0 Å². The zero-order valence-corrected chi connectivity index (χ0v) is 18.0. The minimum absolute atomic E-state index is 0.0217. The van der Waals surface area contributed by atoms with Crippen LogP contribution >= 0.6 is 27.3 Å². The van der Waals surface area contributed by atoms with Gasteiger partial charge in [-0.15, -0.1) is 11.3 Å². The molecular weight excluding hydrogens is 448 g/mol. The minimum atomic E-state index is -0.0217. The van der Waals surface area contributed by atoms with Gasteiger partial charge in [0.25, 0.3) is 0 Å². The average Bonchev–Trinajstić information content (AvgIpc) is 3.39. The van der Waals surface area contributed by atoms with E-state index in [4.69, 9.17) is 0 Å². The first kappa shape index (κ1) is 19.5. The molecule has 1 amide bonds. The lowest BCUT2D eigenvalue weighted by molar-refractivity contribution is -0.120. The summed E-state index contributed by atoms with van der Waals surface area (Å²) in [4.78, 5) is 16.8. The highest BCUT2D eigenvalue weighted by Gasteiger charge is 2.09. The van der Waals surface area contributed by atoms with E-state index in [0.717, 1.165) is 38.4 Å². The van der Waals surface area contributed by atoms with Gasteiger partial charge in [-0.2, -0.15) is 5.10 Å². The fourth-order valence-electron chi connectivity index (χ4n) is 2.93. The van der Waals surface area contributed by atoms with Crippen LogP contribution in [0.2, 0.25) is 0 Å². The van der Waals surface area contributed by atoms with Crippen molar-refractivity contribution < 1.29 is 4.79 Å². The number of nitrogens with one attached hydrogen (secondary N) is 1. The van der Waals surface area contributed by atoms with E-state index in [1.165, 1.54) is 0 Å². The highest BCUT2D eigenvalue weighted by atomic mass is 79.9. The van der Waals surface area contributed by atoms with E-state index in [9.17, 15) is 4.79 Å². The molecule has 29 heavy (non-hydrogen) atoms. The van der Waals surface area contributed by atoms with E-state index in [-0.39, 0.29) is 12.3 Å². The van der Waals surface area contributed by atoms with Gasteiger partial charge in [0.15, 0.2) is 0 Å². The van der Waals surface area contributed by atoms with Gasteiger partial charge in [0.2, 0.25) is 5.91 Å². The summed E-state index contributed by atoms with van der Waals surface area (Å²) in [5.41, 5.74) is 3.94. The second kappa shape index (κ2) is 9.15. The molecule has 0 fully saturated rings. The van der Waals surface area contributed by atoms with Gasteiger partial charge in [0.1, 0.15) is 5.01 Å². The fraction of sp³-hybridized carbons (Fsp3) is 0.136. The Labute approximate surface area is 181 Å². The van der Waals surface area contributed by atoms with E-state index < -0.39 is 0 Å². The highest BCUT2D eigenvalue weighted by molar-refractivity contribution is 9.10. The Morgan fingerprint density at radius 2 is 2.00 bits per heavy atom. The summed E-state index contributed by atoms with van der Waals surface area (Å²) >= 11 is 5.03. The van der Waals surface area contributed by atoms with Crippen LogP contribution in [0.3, 0.4) is 0 Å². The maximum absolute atomic E-state index is 12.3. The van der Waals surface area contributed by atoms with Crippen LogP contribution in [0.1, 0.15) is 11.3 Å². The van der Waals surface area contributed by atoms with Crippen molar-refractivity contribution in [3.63, 3.8) is 0 Å². The zero-order valence-electron chi connectivity index (χ0n) is 15.6. The molecule has 5 nitrogen and oxygen atoms in total. The molecule has 0 spiro atoms. The summed E-state index contributed by atoms with van der Waals surface area (Å²) in [5, 5.41) is 10.2. The molecule has 0 aliphatic rings. The smallest absolute Gasteiger partial charge is 0.226 e. The second-order valence-corrected chi connectivity index (χ2v) is 8.33. The van der Waals surface area contributed by atoms with Crippen molar-refractivity contribution in [1.29, 1.82) is 0 Å². The number of thiazole rings is 1. The monoisotopic (exact) mass is 466 g/mol. The third kappa shape index (κ3) is 5.19. The van der Waals surface area contributed by atoms with E-state index in [2.05, 4.69) is 31.3 Å². The Kier molecular flexibility index (Phi) is 6.17. The van der Waals surface area contributed by atoms with Crippen LogP contribution in [0.5, 0.6) is 0 Å². The number of rotatable bonds is 7. The Morgan fingerprint density at radius 1 is 1.14 bits per heavy atom. The van der Waals surface area contributed by atoms with Crippen molar-refractivity contribution in [2.75, 3.05) is 6.54 Å². The quantitative estimate of drug-likeness (QED) is 0.430. The second-order valence-electron chi connectivity index (χ2n) is 6.56. The molecule has 1 N–H and O–H groups in total. The molecular formula is C22H19BrN4OS. The number of halogens is 1. The van der Waals surface area contributed by atoms with Gasteiger partial charge in [0, 0.05) is 28.2 Å². The summed E-state index contributed by atoms with van der Waals surface area (Å²) in [7, 11) is 0. The summed E-state index contributed by atoms with van der Waals surface area (Å²) < 4.78 is 2.86. The van der Waals surface area contributed by atoms with Crippen molar-refractivity contribution in [3.8, 4) is 16.3 Å². The van der Waals surface area contributed by atoms with E-state index in [1.807, 2.05) is 77.1 Å². The lowest BCUT2D eigenvalue weighted by Crippen LogP contribution is -2.27. The van der Waals surface area contributed by atoms with E-state index in [1.54, 1.807) is 11.3 Å². The number of para-hydroxylation sites is 1. The Bertz CT molecular complexity index is 1110. The molecule has 2 heterocycles. The molecule has 0 saturated carbocycles. The molecule has 0 bridgehead atoms. The normalized spacial score (nSPS) is 10.8. The lowest BCUT2D eigenvalue weighted by Gasteiger charge is -2.03. The number of carbonyl (C=O) groups excluding carboxylic acids is 1. The summed E-state index contributed by atoms with van der Waals surface area (Å²) in [6.45, 7) is 0.571. The molecule has 2 aromatic heterocycles. The molecule has 4 rings (SSSR count). The predicted molar refractivity (Wildman–Crippen MR) is 119 cm³/mol. The first-order valence-corrected chi connectivity index (χ1v) is 10.9. The molecule has 0 saturated heterocycles. The molecule has 0 aliphatic carbocycles. The first-order chi connectivity index (χ1) is 14.2. The largest absolute Gasteiger partial charge is 0.355 e. The third-order valence-electron chi connectivity index (χ3n) is 4.36. The Morgan fingerprint density at radius 3 is 2.83 bits per heavy atom. The van der Waals surface area contributed by atoms with Crippen LogP contribution in [0.15, 0.2) is 76.8 Å². The molecule has 4 aromatic rings. The zero-order chi connectivity index (χ0) is 20.1. The van der Waals surface area contributed by atoms with Crippen LogP contribution in [0.25, 0.3) is 16.3 Å². The van der Waals surface area contributed by atoms with Gasteiger partial charge in [-0.1, -0.05) is 46.3 Å². The average molecular weight is 467 g/mol. The van der Waals surface area contributed by atoms with Crippen LogP contribution < -0.4 is 5.32 Å². The van der Waals surface area contributed by atoms with Crippen LogP contribution in [-0.2, 0) is 17.6 Å². The van der Waals surface area contributed by atoms with Crippen LogP contribution in [0.4, 0.5) is 0 Å². The van der Waals surface area contributed by atoms with Gasteiger partial charge in [-0.05, 0) is 36.2 Å². The number of carbonyl (C=O) groups is 1. The molecule has 0 radical (unpaired) electrons. The number of hydrogen-bond acceptors (Lipinski definition) is 4. The molecule has 146 valence electrons. The van der Waals surface area contributed by atoms with Gasteiger partial charge in [-0.3, -0.25) is 4.79 Å². The van der Waals surface area contributed by atoms with Crippen LogP contribution in [0, 0.1) is 0 Å². The van der Waals surface area contributed by atoms with Crippen molar-refractivity contribution in [2.24, 2.45) is 0 Å². The Hall–Kier alpha value is -2.77. The highest BCUT2D eigenvalue weighted by Crippen LogP contribution is 2.26. The topological polar surface area (TPSA) is 59.8 Å². The number of benzene rings is 2. The third-order valence-corrected chi connectivity index (χ3v) is 5.79. The summed E-state index contributed by atoms with van der Waals surface area (Å²) in [5.74, 6) is -0.0217. The standard InChI is InChI=1S/C22H19BrN4OS/c23-18-6-4-5-17(11-18)22-26-19(15-29-22)12-21(28)24-10-9-16-13-25-27(14-16)20-7-2-1-3-8-20/h1-8,11,13-15H,9-10,12H2,(H,24,28). The molecule has 0 atom stereocenters. The van der Waals surface area contributed by atoms with E-state index in [0.29, 0.717) is 6.54 Å². The van der Waals surface area contributed by atoms with Crippen molar-refractivity contribution in [3.05, 3.63) is 88.1 Å². The maximum atomic E-state index is 12.3. The maximum Gasteiger partial charge on any atom is 0.226 e. The summed E-state index contributed by atoms with van der Waals surface area (Å²) in [6, 6.07) is 18.0. The van der Waals surface area contributed by atoms with Crippen molar-refractivity contribution in [2.45, 2.75) is 12.8 Å². The molecule has 0 unspecified atom stereocenters. The Balaban J connectivity index is 1.27. The van der Waals surface area contributed by atoms with Gasteiger partial charge in [0.05, 0.1) is 24.0 Å². The van der Waals surface area contributed by atoms with Gasteiger partial charge < -0.3 is 5.32 Å². The number of nitrogens with zero attached hydrogens (tertiary/aromatic N) is 3. The van der Waals surface area contributed by atoms with Crippen LogP contribution in [-0.4, -0.2) is 27.2 Å². The SMILES string of the molecule is O=C(Cc1csc(-c2cccc(Br)c2)n1)NCCc1cnn(-c2ccccc2)c1. The molecule has 7 heteroatoms. The van der Waals surface area contributed by atoms with Gasteiger partial charge >= 0.3 is 0 Å². The fourth-order valence-corrected chi connectivity index (χ4v) is 4.14. The number of aromatic nitrogens is 3. The molecule has 2 aromatic carbocycles. The lowest BCUT2D eigenvalue weighted by atomic mass is 10.2.